The Balaban J connectivity index is 1.30. The van der Waals surface area contributed by atoms with Gasteiger partial charge in [0.2, 0.25) is 5.95 Å². The van der Waals surface area contributed by atoms with Crippen molar-refractivity contribution in [3.63, 3.8) is 0 Å². The summed E-state index contributed by atoms with van der Waals surface area (Å²) >= 11 is 6.42. The van der Waals surface area contributed by atoms with Crippen LogP contribution in [-0.2, 0) is 4.79 Å². The quantitative estimate of drug-likeness (QED) is 0.422. The number of anilines is 6. The fourth-order valence-corrected chi connectivity index (χ4v) is 5.05. The SMILES string of the molecule is CCC1(CC)Oc2ccc(Nc3nc(Nc4ccc(N5CCN(C)CC5)cc4)ncc3Cl)cc2N(C)C1=O. The Hall–Kier alpha value is -3.56. The van der Waals surface area contributed by atoms with Gasteiger partial charge in [0, 0.05) is 50.3 Å². The minimum absolute atomic E-state index is 0.0441. The van der Waals surface area contributed by atoms with Crippen LogP contribution in [0.3, 0.4) is 0 Å². The van der Waals surface area contributed by atoms with E-state index in [4.69, 9.17) is 16.3 Å². The molecule has 1 fully saturated rings. The number of fused-ring (bicyclic) bond motifs is 1. The van der Waals surface area contributed by atoms with Crippen LogP contribution in [0.4, 0.5) is 34.5 Å². The number of piperazine rings is 1. The number of halogens is 1. The van der Waals surface area contributed by atoms with Crippen LogP contribution in [0, 0.1) is 0 Å². The van der Waals surface area contributed by atoms with Crippen LogP contribution < -0.4 is 25.2 Å². The van der Waals surface area contributed by atoms with Gasteiger partial charge >= 0.3 is 0 Å². The summed E-state index contributed by atoms with van der Waals surface area (Å²) in [5, 5.41) is 6.90. The molecule has 0 saturated carbocycles. The fraction of sp³-hybridized carbons (Fsp3) is 0.393. The van der Waals surface area contributed by atoms with E-state index < -0.39 is 5.60 Å². The number of hydrogen-bond acceptors (Lipinski definition) is 8. The molecule has 0 spiro atoms. The molecule has 38 heavy (non-hydrogen) atoms. The van der Waals surface area contributed by atoms with E-state index in [0.717, 1.165) is 37.6 Å². The summed E-state index contributed by atoms with van der Waals surface area (Å²) in [5.41, 5.74) is 2.70. The molecule has 0 radical (unpaired) electrons. The third kappa shape index (κ3) is 5.08. The minimum Gasteiger partial charge on any atom is -0.475 e. The largest absolute Gasteiger partial charge is 0.475 e. The van der Waals surface area contributed by atoms with Crippen LogP contribution in [0.2, 0.25) is 5.02 Å². The Morgan fingerprint density at radius 1 is 0.974 bits per heavy atom. The van der Waals surface area contributed by atoms with Crippen LogP contribution in [0.1, 0.15) is 26.7 Å². The van der Waals surface area contributed by atoms with Gasteiger partial charge in [0.1, 0.15) is 10.8 Å². The third-order valence-corrected chi connectivity index (χ3v) is 7.74. The van der Waals surface area contributed by atoms with Gasteiger partial charge < -0.3 is 30.1 Å². The van der Waals surface area contributed by atoms with E-state index in [1.807, 2.05) is 44.2 Å². The number of nitrogens with one attached hydrogen (secondary N) is 2. The van der Waals surface area contributed by atoms with Crippen molar-refractivity contribution in [1.82, 2.24) is 14.9 Å². The van der Waals surface area contributed by atoms with Gasteiger partial charge in [-0.3, -0.25) is 4.79 Å². The zero-order chi connectivity index (χ0) is 26.9. The van der Waals surface area contributed by atoms with E-state index in [0.29, 0.717) is 41.1 Å². The van der Waals surface area contributed by atoms with Gasteiger partial charge in [-0.15, -0.1) is 0 Å². The second-order valence-corrected chi connectivity index (χ2v) is 10.2. The second-order valence-electron chi connectivity index (χ2n) is 9.83. The molecular weight excluding hydrogens is 502 g/mol. The van der Waals surface area contributed by atoms with E-state index in [9.17, 15) is 4.79 Å². The lowest BCUT2D eigenvalue weighted by atomic mass is 9.93. The van der Waals surface area contributed by atoms with Crippen molar-refractivity contribution >= 4 is 52.0 Å². The number of aromatic nitrogens is 2. The molecule has 1 saturated heterocycles. The van der Waals surface area contributed by atoms with Crippen molar-refractivity contribution in [1.29, 1.82) is 0 Å². The smallest absolute Gasteiger partial charge is 0.270 e. The molecule has 3 aromatic rings. The summed E-state index contributed by atoms with van der Waals surface area (Å²) in [4.78, 5) is 28.4. The minimum atomic E-state index is -0.823. The first-order valence-corrected chi connectivity index (χ1v) is 13.4. The zero-order valence-corrected chi connectivity index (χ0v) is 23.0. The molecule has 2 N–H and O–H groups in total. The lowest BCUT2D eigenvalue weighted by Crippen LogP contribution is -2.54. The lowest BCUT2D eigenvalue weighted by molar-refractivity contribution is -0.135. The van der Waals surface area contributed by atoms with Gasteiger partial charge in [0.05, 0.1) is 11.9 Å². The maximum atomic E-state index is 13.1. The molecule has 1 aromatic heterocycles. The predicted molar refractivity (Wildman–Crippen MR) is 154 cm³/mol. The molecule has 3 heterocycles. The highest BCUT2D eigenvalue weighted by Crippen LogP contribution is 2.41. The van der Waals surface area contributed by atoms with Crippen LogP contribution in [0.25, 0.3) is 0 Å². The van der Waals surface area contributed by atoms with E-state index in [1.54, 1.807) is 18.1 Å². The fourth-order valence-electron chi connectivity index (χ4n) is 4.91. The summed E-state index contributed by atoms with van der Waals surface area (Å²) in [5.74, 6) is 1.52. The topological polar surface area (TPSA) is 85.9 Å². The first-order chi connectivity index (χ1) is 18.3. The summed E-state index contributed by atoms with van der Waals surface area (Å²) in [7, 11) is 3.93. The van der Waals surface area contributed by atoms with Crippen LogP contribution in [0.15, 0.2) is 48.7 Å². The number of amides is 1. The lowest BCUT2D eigenvalue weighted by Gasteiger charge is -2.40. The van der Waals surface area contributed by atoms with Crippen molar-refractivity contribution in [2.75, 3.05) is 60.7 Å². The van der Waals surface area contributed by atoms with Gasteiger partial charge in [-0.2, -0.15) is 4.98 Å². The normalized spacial score (nSPS) is 17.1. The van der Waals surface area contributed by atoms with Crippen LogP contribution in [0.5, 0.6) is 5.75 Å². The monoisotopic (exact) mass is 535 g/mol. The van der Waals surface area contributed by atoms with Gasteiger partial charge in [-0.1, -0.05) is 25.4 Å². The number of rotatable bonds is 7. The first kappa shape index (κ1) is 26.1. The van der Waals surface area contributed by atoms with Crippen molar-refractivity contribution in [3.05, 3.63) is 53.7 Å². The summed E-state index contributed by atoms with van der Waals surface area (Å²) in [6, 6.07) is 13.9. The van der Waals surface area contributed by atoms with E-state index >= 15 is 0 Å². The number of carbonyl (C=O) groups excluding carboxylic acids is 1. The third-order valence-electron chi connectivity index (χ3n) is 7.46. The van der Waals surface area contributed by atoms with Gasteiger partial charge in [-0.25, -0.2) is 4.98 Å². The highest BCUT2D eigenvalue weighted by molar-refractivity contribution is 6.32. The van der Waals surface area contributed by atoms with E-state index in [2.05, 4.69) is 49.6 Å². The Bertz CT molecular complexity index is 1310. The number of hydrogen-bond donors (Lipinski definition) is 2. The molecule has 2 aliphatic rings. The van der Waals surface area contributed by atoms with Crippen LogP contribution in [-0.4, -0.2) is 66.7 Å². The van der Waals surface area contributed by atoms with E-state index in [-0.39, 0.29) is 5.91 Å². The Morgan fingerprint density at radius 2 is 1.66 bits per heavy atom. The molecule has 0 atom stereocenters. The van der Waals surface area contributed by atoms with Gasteiger partial charge in [0.25, 0.3) is 5.91 Å². The predicted octanol–water partition coefficient (Wildman–Crippen LogP) is 5.28. The molecule has 0 unspecified atom stereocenters. The number of ether oxygens (including phenoxy) is 1. The summed E-state index contributed by atoms with van der Waals surface area (Å²) < 4.78 is 6.18. The maximum absolute atomic E-state index is 13.1. The Labute approximate surface area is 228 Å². The maximum Gasteiger partial charge on any atom is 0.270 e. The average Bonchev–Trinajstić information content (AvgIpc) is 2.94. The van der Waals surface area contributed by atoms with E-state index in [1.165, 1.54) is 5.69 Å². The second kappa shape index (κ2) is 10.7. The number of nitrogens with zero attached hydrogens (tertiary/aromatic N) is 5. The molecule has 9 nitrogen and oxygen atoms in total. The van der Waals surface area contributed by atoms with Crippen molar-refractivity contribution in [2.45, 2.75) is 32.3 Å². The molecule has 5 rings (SSSR count). The van der Waals surface area contributed by atoms with Gasteiger partial charge in [0.15, 0.2) is 11.4 Å². The summed E-state index contributed by atoms with van der Waals surface area (Å²) in [6.45, 7) is 8.12. The Kier molecular flexibility index (Phi) is 7.32. The van der Waals surface area contributed by atoms with Crippen molar-refractivity contribution in [2.24, 2.45) is 0 Å². The number of benzene rings is 2. The first-order valence-electron chi connectivity index (χ1n) is 13.0. The molecule has 10 heteroatoms. The molecular formula is C28H34ClN7O2. The van der Waals surface area contributed by atoms with Crippen LogP contribution >= 0.6 is 11.6 Å². The standard InChI is InChI=1S/C28H34ClN7O2/c1-5-28(6-2)26(37)35(4)23-17-20(9-12-24(23)38-28)31-25-22(29)18-30-27(33-25)32-19-7-10-21(11-8-19)36-15-13-34(3)14-16-36/h7-12,17-18H,5-6,13-16H2,1-4H3,(H2,30,31,32,33). The molecule has 1 amide bonds. The zero-order valence-electron chi connectivity index (χ0n) is 22.3. The molecule has 0 aliphatic carbocycles. The Morgan fingerprint density at radius 3 is 2.34 bits per heavy atom. The molecule has 0 bridgehead atoms. The summed E-state index contributed by atoms with van der Waals surface area (Å²) in [6.07, 6.45) is 2.78. The highest BCUT2D eigenvalue weighted by atomic mass is 35.5. The molecule has 2 aromatic carbocycles. The average molecular weight is 536 g/mol. The molecule has 2 aliphatic heterocycles. The van der Waals surface area contributed by atoms with Gasteiger partial charge in [-0.05, 0) is 62.4 Å². The van der Waals surface area contributed by atoms with Crippen molar-refractivity contribution in [3.8, 4) is 5.75 Å². The number of likely N-dealkylation sites (N-methyl/N-ethyl adjacent to an activating group) is 2. The molecule has 200 valence electrons. The van der Waals surface area contributed by atoms with Crippen molar-refractivity contribution < 1.29 is 9.53 Å². The highest BCUT2D eigenvalue weighted by Gasteiger charge is 2.44. The number of carbonyl (C=O) groups is 1.